The molecule has 1 aliphatic rings. The highest BCUT2D eigenvalue weighted by atomic mass is 32.2. The Bertz CT molecular complexity index is 1260. The van der Waals surface area contributed by atoms with Crippen LogP contribution in [-0.2, 0) is 31.5 Å². The number of nitrogens with one attached hydrogen (secondary N) is 1. The minimum atomic E-state index is -6.04. The topological polar surface area (TPSA) is 95.9 Å². The molecule has 1 aliphatic heterocycles. The van der Waals surface area contributed by atoms with Gasteiger partial charge >= 0.3 is 12.4 Å². The first-order chi connectivity index (χ1) is 16.5. The molecule has 0 radical (unpaired) electrons. The minimum absolute atomic E-state index is 0.0374. The third-order valence-corrected chi connectivity index (χ3v) is 6.66. The quantitative estimate of drug-likeness (QED) is 0.426. The summed E-state index contributed by atoms with van der Waals surface area (Å²) in [6, 6.07) is 5.60. The van der Waals surface area contributed by atoms with Gasteiger partial charge in [-0.1, -0.05) is 18.2 Å². The number of ether oxygens (including phenoxy) is 1. The van der Waals surface area contributed by atoms with Gasteiger partial charge in [0.25, 0.3) is 11.5 Å². The van der Waals surface area contributed by atoms with E-state index in [1.165, 1.54) is 42.7 Å². The molecule has 0 saturated carbocycles. The molecule has 36 heavy (non-hydrogen) atoms. The van der Waals surface area contributed by atoms with Crippen LogP contribution in [0.4, 0.5) is 32.0 Å². The molecule has 1 unspecified atom stereocenters. The maximum Gasteiger partial charge on any atom is 0.430 e. The standard InChI is InChI=1S/C22H20F6N2O5S/c1-35-10-9-30-12-13-11-16(36(2,33)34)7-8-17(13)18(30)19(31)29-15-5-3-14(4-6-15)20(32,21(23,24)25)22(26,27)28/h3-11,18,32H,12H2,1-2H3,(H,29,31). The van der Waals surface area contributed by atoms with E-state index in [1.54, 1.807) is 0 Å². The van der Waals surface area contributed by atoms with Crippen LogP contribution in [0, 0.1) is 0 Å². The molecule has 14 heteroatoms. The van der Waals surface area contributed by atoms with Gasteiger partial charge in [0.1, 0.15) is 6.04 Å². The van der Waals surface area contributed by atoms with Gasteiger partial charge < -0.3 is 20.1 Å². The van der Waals surface area contributed by atoms with Gasteiger partial charge in [-0.05, 0) is 35.4 Å². The van der Waals surface area contributed by atoms with Gasteiger partial charge in [0.2, 0.25) is 0 Å². The lowest BCUT2D eigenvalue weighted by molar-refractivity contribution is -0.376. The smallest absolute Gasteiger partial charge is 0.430 e. The first kappa shape index (κ1) is 27.3. The van der Waals surface area contributed by atoms with Crippen molar-refractivity contribution < 1.29 is 49.4 Å². The lowest BCUT2D eigenvalue weighted by Gasteiger charge is -2.32. The number of hydrogen-bond acceptors (Lipinski definition) is 6. The van der Waals surface area contributed by atoms with Crippen LogP contribution >= 0.6 is 0 Å². The SMILES string of the molecule is COC=CN1Cc2cc(S(C)(=O)=O)ccc2C1C(=O)Nc1ccc(C(O)(C(F)(F)F)C(F)(F)F)cc1. The molecule has 0 saturated heterocycles. The number of anilines is 1. The highest BCUT2D eigenvalue weighted by Gasteiger charge is 2.71. The summed E-state index contributed by atoms with van der Waals surface area (Å²) in [5, 5.41) is 11.9. The van der Waals surface area contributed by atoms with Gasteiger partial charge in [-0.15, -0.1) is 0 Å². The molecule has 1 amide bonds. The van der Waals surface area contributed by atoms with Crippen LogP contribution in [-0.4, -0.2) is 50.0 Å². The van der Waals surface area contributed by atoms with Crippen molar-refractivity contribution in [1.82, 2.24) is 4.90 Å². The summed E-state index contributed by atoms with van der Waals surface area (Å²) in [6.07, 6.45) is -8.35. The number of sulfone groups is 1. The zero-order valence-electron chi connectivity index (χ0n) is 18.7. The fourth-order valence-electron chi connectivity index (χ4n) is 3.75. The number of carbonyl (C=O) groups excluding carboxylic acids is 1. The average molecular weight is 538 g/mol. The van der Waals surface area contributed by atoms with E-state index in [9.17, 15) is 44.7 Å². The Morgan fingerprint density at radius 2 is 1.67 bits per heavy atom. The Balaban J connectivity index is 1.92. The molecular weight excluding hydrogens is 518 g/mol. The van der Waals surface area contributed by atoms with E-state index in [-0.39, 0.29) is 17.1 Å². The van der Waals surface area contributed by atoms with Crippen molar-refractivity contribution in [2.45, 2.75) is 35.4 Å². The molecule has 1 atom stereocenters. The van der Waals surface area contributed by atoms with E-state index in [1.807, 2.05) is 0 Å². The number of nitrogens with zero attached hydrogens (tertiary/aromatic N) is 1. The maximum absolute atomic E-state index is 13.1. The highest BCUT2D eigenvalue weighted by molar-refractivity contribution is 7.90. The number of methoxy groups -OCH3 is 1. The Morgan fingerprint density at radius 1 is 1.08 bits per heavy atom. The van der Waals surface area contributed by atoms with Crippen molar-refractivity contribution in [3.05, 3.63) is 71.6 Å². The second kappa shape index (κ2) is 9.32. The van der Waals surface area contributed by atoms with Crippen LogP contribution < -0.4 is 5.32 Å². The number of halogens is 6. The molecule has 3 rings (SSSR count). The van der Waals surface area contributed by atoms with Gasteiger partial charge in [0.05, 0.1) is 18.3 Å². The number of hydrogen-bond donors (Lipinski definition) is 2. The fraction of sp³-hybridized carbons (Fsp3) is 0.318. The summed E-state index contributed by atoms with van der Waals surface area (Å²) < 4.78 is 107. The number of amides is 1. The third-order valence-electron chi connectivity index (χ3n) is 5.55. The largest absolute Gasteiger partial charge is 0.503 e. The predicted molar refractivity (Wildman–Crippen MR) is 115 cm³/mol. The van der Waals surface area contributed by atoms with E-state index in [0.717, 1.165) is 18.4 Å². The molecule has 2 N–H and O–H groups in total. The van der Waals surface area contributed by atoms with Gasteiger partial charge in [0, 0.05) is 30.3 Å². The number of carbonyl (C=O) groups is 1. The molecule has 0 aliphatic carbocycles. The second-order valence-electron chi connectivity index (χ2n) is 8.00. The van der Waals surface area contributed by atoms with Gasteiger partial charge in [-0.3, -0.25) is 4.79 Å². The lowest BCUT2D eigenvalue weighted by Crippen LogP contribution is -2.53. The van der Waals surface area contributed by atoms with Gasteiger partial charge in [-0.2, -0.15) is 26.3 Å². The molecule has 7 nitrogen and oxygen atoms in total. The first-order valence-corrected chi connectivity index (χ1v) is 11.9. The lowest BCUT2D eigenvalue weighted by atomic mass is 9.92. The Morgan fingerprint density at radius 3 is 2.17 bits per heavy atom. The minimum Gasteiger partial charge on any atom is -0.503 e. The molecule has 0 aromatic heterocycles. The number of aliphatic hydroxyl groups is 1. The molecule has 2 aromatic carbocycles. The number of alkyl halides is 6. The summed E-state index contributed by atoms with van der Waals surface area (Å²) in [6.45, 7) is 0.125. The molecule has 1 heterocycles. The van der Waals surface area contributed by atoms with Crippen molar-refractivity contribution in [2.24, 2.45) is 0 Å². The number of benzene rings is 2. The van der Waals surface area contributed by atoms with E-state index >= 15 is 0 Å². The van der Waals surface area contributed by atoms with E-state index in [4.69, 9.17) is 4.74 Å². The first-order valence-electron chi connectivity index (χ1n) is 10.1. The number of rotatable bonds is 6. The highest BCUT2D eigenvalue weighted by Crippen LogP contribution is 2.50. The summed E-state index contributed by atoms with van der Waals surface area (Å²) in [5.41, 5.74) is -5.72. The van der Waals surface area contributed by atoms with Crippen LogP contribution in [0.1, 0.15) is 22.7 Å². The van der Waals surface area contributed by atoms with Crippen LogP contribution in [0.5, 0.6) is 0 Å². The molecule has 0 bridgehead atoms. The summed E-state index contributed by atoms with van der Waals surface area (Å²) in [4.78, 5) is 14.6. The average Bonchev–Trinajstić information content (AvgIpc) is 3.13. The number of fused-ring (bicyclic) bond motifs is 1. The third kappa shape index (κ3) is 5.00. The van der Waals surface area contributed by atoms with Crippen molar-refractivity contribution in [1.29, 1.82) is 0 Å². The zero-order valence-corrected chi connectivity index (χ0v) is 19.5. The van der Waals surface area contributed by atoms with Crippen LogP contribution in [0.25, 0.3) is 0 Å². The molecule has 2 aromatic rings. The monoisotopic (exact) mass is 538 g/mol. The second-order valence-corrected chi connectivity index (χ2v) is 10.0. The summed E-state index contributed by atoms with van der Waals surface area (Å²) in [5.74, 6) is -0.698. The van der Waals surface area contributed by atoms with Crippen LogP contribution in [0.3, 0.4) is 0 Å². The zero-order chi connectivity index (χ0) is 27.1. The Labute approximate surface area is 201 Å². The van der Waals surface area contributed by atoms with Crippen molar-refractivity contribution >= 4 is 21.4 Å². The Hall–Kier alpha value is -3.26. The van der Waals surface area contributed by atoms with Crippen LogP contribution in [0.2, 0.25) is 0 Å². The molecule has 196 valence electrons. The van der Waals surface area contributed by atoms with Crippen LogP contribution in [0.15, 0.2) is 59.8 Å². The predicted octanol–water partition coefficient (Wildman–Crippen LogP) is 4.02. The van der Waals surface area contributed by atoms with E-state index < -0.39 is 45.3 Å². The van der Waals surface area contributed by atoms with E-state index in [2.05, 4.69) is 5.32 Å². The van der Waals surface area contributed by atoms with Gasteiger partial charge in [0.15, 0.2) is 9.84 Å². The normalized spacial score (nSPS) is 16.8. The van der Waals surface area contributed by atoms with Crippen molar-refractivity contribution in [2.75, 3.05) is 18.7 Å². The van der Waals surface area contributed by atoms with E-state index in [0.29, 0.717) is 23.3 Å². The molecular formula is C22H20F6N2O5S. The molecule has 0 spiro atoms. The fourth-order valence-corrected chi connectivity index (χ4v) is 4.42. The maximum atomic E-state index is 13.1. The summed E-state index contributed by atoms with van der Waals surface area (Å²) in [7, 11) is -2.16. The molecule has 0 fully saturated rings. The van der Waals surface area contributed by atoms with Crippen molar-refractivity contribution in [3.8, 4) is 0 Å². The van der Waals surface area contributed by atoms with Gasteiger partial charge in [-0.25, -0.2) is 8.42 Å². The van der Waals surface area contributed by atoms with Crippen molar-refractivity contribution in [3.63, 3.8) is 0 Å². The Kier molecular flexibility index (Phi) is 7.07. The summed E-state index contributed by atoms with van der Waals surface area (Å²) >= 11 is 0.